The number of aromatic nitrogens is 3. The van der Waals surface area contributed by atoms with E-state index in [0.717, 1.165) is 16.7 Å². The van der Waals surface area contributed by atoms with Crippen molar-refractivity contribution in [1.82, 2.24) is 18.5 Å². The van der Waals surface area contributed by atoms with Crippen molar-refractivity contribution in [2.75, 3.05) is 13.3 Å². The molecular weight excluding hydrogens is 444 g/mol. The third-order valence-corrected chi connectivity index (χ3v) is 7.92. The molecular formula is C23H20N4O5S. The number of nitrogens with zero attached hydrogens (tertiary/aromatic N) is 4. The smallest absolute Gasteiger partial charge is 0.350 e. The van der Waals surface area contributed by atoms with Crippen molar-refractivity contribution >= 4 is 15.7 Å². The highest BCUT2D eigenvalue weighted by molar-refractivity contribution is 7.89. The van der Waals surface area contributed by atoms with E-state index in [4.69, 9.17) is 9.47 Å². The second-order valence-electron chi connectivity index (χ2n) is 8.05. The number of rotatable bonds is 4. The predicted octanol–water partition coefficient (Wildman–Crippen LogP) is 2.02. The van der Waals surface area contributed by atoms with Crippen molar-refractivity contribution in [2.24, 2.45) is 0 Å². The Labute approximate surface area is 189 Å². The normalized spacial score (nSPS) is 15.6. The van der Waals surface area contributed by atoms with Crippen LogP contribution in [0.2, 0.25) is 0 Å². The third-order valence-electron chi connectivity index (χ3n) is 6.06. The molecule has 2 aromatic heterocycles. The summed E-state index contributed by atoms with van der Waals surface area (Å²) < 4.78 is 41.8. The highest BCUT2D eigenvalue weighted by Gasteiger charge is 2.31. The zero-order valence-corrected chi connectivity index (χ0v) is 18.4. The maximum Gasteiger partial charge on any atom is 0.350 e. The summed E-state index contributed by atoms with van der Waals surface area (Å²) in [4.78, 5) is 13.0. The van der Waals surface area contributed by atoms with Gasteiger partial charge in [-0.25, -0.2) is 22.3 Å². The SMILES string of the molecule is O=c1n(Cc2ccc3c(c2)OCO3)nc2c(S(=O)(=O)N3CCc4ccccc4C3)cccn12. The molecule has 0 saturated carbocycles. The Morgan fingerprint density at radius 2 is 1.79 bits per heavy atom. The largest absolute Gasteiger partial charge is 0.454 e. The van der Waals surface area contributed by atoms with E-state index in [9.17, 15) is 13.2 Å². The Kier molecular flexibility index (Phi) is 4.52. The van der Waals surface area contributed by atoms with Gasteiger partial charge in [0.1, 0.15) is 4.90 Å². The Balaban J connectivity index is 1.37. The van der Waals surface area contributed by atoms with E-state index in [2.05, 4.69) is 5.10 Å². The first kappa shape index (κ1) is 20.0. The molecule has 0 atom stereocenters. The summed E-state index contributed by atoms with van der Waals surface area (Å²) in [5.41, 5.74) is 2.64. The summed E-state index contributed by atoms with van der Waals surface area (Å²) in [6, 6.07) is 16.3. The predicted molar refractivity (Wildman–Crippen MR) is 119 cm³/mol. The molecule has 0 radical (unpaired) electrons. The van der Waals surface area contributed by atoms with Crippen molar-refractivity contribution < 1.29 is 17.9 Å². The van der Waals surface area contributed by atoms with Gasteiger partial charge in [0, 0.05) is 19.3 Å². The van der Waals surface area contributed by atoms with Gasteiger partial charge in [-0.3, -0.25) is 0 Å². The summed E-state index contributed by atoms with van der Waals surface area (Å²) in [5, 5.41) is 4.40. The summed E-state index contributed by atoms with van der Waals surface area (Å²) in [5.74, 6) is 1.26. The lowest BCUT2D eigenvalue weighted by molar-refractivity contribution is 0.174. The molecule has 4 aromatic rings. The molecule has 9 nitrogen and oxygen atoms in total. The monoisotopic (exact) mass is 464 g/mol. The fraction of sp³-hybridized carbons (Fsp3) is 0.217. The summed E-state index contributed by atoms with van der Waals surface area (Å²) in [6.07, 6.45) is 2.18. The fourth-order valence-electron chi connectivity index (χ4n) is 4.34. The van der Waals surface area contributed by atoms with Gasteiger partial charge in [-0.15, -0.1) is 5.10 Å². The van der Waals surface area contributed by atoms with Gasteiger partial charge in [-0.05, 0) is 47.4 Å². The average Bonchev–Trinajstić information content (AvgIpc) is 3.43. The van der Waals surface area contributed by atoms with Crippen LogP contribution in [-0.4, -0.2) is 40.2 Å². The van der Waals surface area contributed by atoms with Crippen LogP contribution in [0.25, 0.3) is 5.65 Å². The van der Waals surface area contributed by atoms with Gasteiger partial charge in [0.15, 0.2) is 17.1 Å². The second-order valence-corrected chi connectivity index (χ2v) is 9.96. The van der Waals surface area contributed by atoms with E-state index in [1.54, 1.807) is 18.2 Å². The van der Waals surface area contributed by atoms with Crippen molar-refractivity contribution in [3.05, 3.63) is 88.0 Å². The molecule has 0 N–H and O–H groups in total. The fourth-order valence-corrected chi connectivity index (χ4v) is 5.88. The molecule has 0 amide bonds. The number of hydrogen-bond acceptors (Lipinski definition) is 6. The van der Waals surface area contributed by atoms with Crippen LogP contribution in [0.4, 0.5) is 0 Å². The first-order valence-electron chi connectivity index (χ1n) is 10.5. The molecule has 10 heteroatoms. The van der Waals surface area contributed by atoms with Crippen LogP contribution in [0, 0.1) is 0 Å². The maximum atomic E-state index is 13.5. The quantitative estimate of drug-likeness (QED) is 0.459. The average molecular weight is 465 g/mol. The van der Waals surface area contributed by atoms with Crippen molar-refractivity contribution in [2.45, 2.75) is 24.4 Å². The van der Waals surface area contributed by atoms with Crippen LogP contribution in [-0.2, 0) is 29.5 Å². The van der Waals surface area contributed by atoms with E-state index in [1.807, 2.05) is 30.3 Å². The molecule has 0 fully saturated rings. The number of fused-ring (bicyclic) bond motifs is 3. The minimum Gasteiger partial charge on any atom is -0.454 e. The molecule has 2 aliphatic rings. The molecule has 168 valence electrons. The van der Waals surface area contributed by atoms with E-state index in [0.29, 0.717) is 31.0 Å². The highest BCUT2D eigenvalue weighted by atomic mass is 32.2. The second kappa shape index (κ2) is 7.46. The zero-order valence-electron chi connectivity index (χ0n) is 17.5. The lowest BCUT2D eigenvalue weighted by Crippen LogP contribution is -2.36. The number of pyridine rings is 1. The van der Waals surface area contributed by atoms with Crippen LogP contribution >= 0.6 is 0 Å². The first-order valence-corrected chi connectivity index (χ1v) is 12.0. The van der Waals surface area contributed by atoms with Crippen LogP contribution in [0.1, 0.15) is 16.7 Å². The van der Waals surface area contributed by atoms with Crippen LogP contribution in [0.15, 0.2) is 70.5 Å². The summed E-state index contributed by atoms with van der Waals surface area (Å²) in [7, 11) is -3.85. The summed E-state index contributed by atoms with van der Waals surface area (Å²) in [6.45, 7) is 1.01. The van der Waals surface area contributed by atoms with Gasteiger partial charge in [-0.2, -0.15) is 4.31 Å². The Morgan fingerprint density at radius 1 is 0.970 bits per heavy atom. The minimum atomic E-state index is -3.85. The number of hydrogen-bond donors (Lipinski definition) is 0. The van der Waals surface area contributed by atoms with E-state index in [-0.39, 0.29) is 23.9 Å². The van der Waals surface area contributed by atoms with Crippen LogP contribution in [0.5, 0.6) is 11.5 Å². The van der Waals surface area contributed by atoms with Gasteiger partial charge in [0.25, 0.3) is 0 Å². The van der Waals surface area contributed by atoms with E-state index in [1.165, 1.54) is 25.7 Å². The van der Waals surface area contributed by atoms with Gasteiger partial charge in [-0.1, -0.05) is 30.3 Å². The molecule has 0 aliphatic carbocycles. The van der Waals surface area contributed by atoms with Crippen molar-refractivity contribution in [3.63, 3.8) is 0 Å². The molecule has 6 rings (SSSR count). The van der Waals surface area contributed by atoms with Gasteiger partial charge in [0.05, 0.1) is 6.54 Å². The highest BCUT2D eigenvalue weighted by Crippen LogP contribution is 2.32. The van der Waals surface area contributed by atoms with E-state index < -0.39 is 15.7 Å². The Bertz CT molecular complexity index is 1560. The molecule has 0 spiro atoms. The molecule has 0 bridgehead atoms. The summed E-state index contributed by atoms with van der Waals surface area (Å²) >= 11 is 0. The lowest BCUT2D eigenvalue weighted by Gasteiger charge is -2.28. The van der Waals surface area contributed by atoms with Crippen molar-refractivity contribution in [3.8, 4) is 11.5 Å². The topological polar surface area (TPSA) is 95.1 Å². The van der Waals surface area contributed by atoms with Crippen LogP contribution in [0.3, 0.4) is 0 Å². The third kappa shape index (κ3) is 3.30. The molecule has 4 heterocycles. The number of sulfonamides is 1. The first-order chi connectivity index (χ1) is 16.0. The van der Waals surface area contributed by atoms with Crippen molar-refractivity contribution in [1.29, 1.82) is 0 Å². The maximum absolute atomic E-state index is 13.5. The van der Waals surface area contributed by atoms with Gasteiger partial charge < -0.3 is 9.47 Å². The van der Waals surface area contributed by atoms with Gasteiger partial charge in [0.2, 0.25) is 16.8 Å². The molecule has 0 unspecified atom stereocenters. The van der Waals surface area contributed by atoms with Crippen LogP contribution < -0.4 is 15.2 Å². The van der Waals surface area contributed by atoms with Gasteiger partial charge >= 0.3 is 5.69 Å². The Hall–Kier alpha value is -3.63. The molecule has 33 heavy (non-hydrogen) atoms. The Morgan fingerprint density at radius 3 is 2.67 bits per heavy atom. The lowest BCUT2D eigenvalue weighted by atomic mass is 10.0. The van der Waals surface area contributed by atoms with E-state index >= 15 is 0 Å². The number of ether oxygens (including phenoxy) is 2. The number of benzene rings is 2. The standard InChI is InChI=1S/C23H20N4O5S/c28-23-26-10-3-6-21(33(29,30)25-11-9-17-4-1-2-5-18(17)14-25)22(26)24-27(23)13-16-7-8-19-20(12-16)32-15-31-19/h1-8,10,12H,9,11,13-15H2. The molecule has 0 saturated heterocycles. The minimum absolute atomic E-state index is 0.0194. The molecule has 2 aliphatic heterocycles. The molecule has 2 aromatic carbocycles. The zero-order chi connectivity index (χ0) is 22.6.